The molecule has 1 unspecified atom stereocenters. The van der Waals surface area contributed by atoms with E-state index in [1.807, 2.05) is 0 Å². The second kappa shape index (κ2) is 6.93. The molecule has 0 saturated heterocycles. The maximum absolute atomic E-state index is 2.43. The van der Waals surface area contributed by atoms with E-state index >= 15 is 0 Å². The molecule has 1 aromatic carbocycles. The first-order chi connectivity index (χ1) is 8.90. The first kappa shape index (κ1) is 16.0. The summed E-state index contributed by atoms with van der Waals surface area (Å²) in [5, 5.41) is 0. The van der Waals surface area contributed by atoms with Crippen molar-refractivity contribution in [2.45, 2.75) is 72.1 Å². The monoisotopic (exact) mass is 258 g/mol. The van der Waals surface area contributed by atoms with E-state index in [9.17, 15) is 0 Å². The van der Waals surface area contributed by atoms with Gasteiger partial charge in [-0.1, -0.05) is 65.0 Å². The van der Waals surface area contributed by atoms with Gasteiger partial charge in [0.25, 0.3) is 0 Å². The number of allylic oxidation sites excluding steroid dienone is 2. The van der Waals surface area contributed by atoms with Gasteiger partial charge in [0.15, 0.2) is 0 Å². The molecule has 0 aliphatic rings. The Morgan fingerprint density at radius 1 is 1.11 bits per heavy atom. The number of hydrogen-bond donors (Lipinski definition) is 0. The molecule has 1 aromatic rings. The van der Waals surface area contributed by atoms with Gasteiger partial charge in [-0.25, -0.2) is 0 Å². The molecule has 0 fully saturated rings. The van der Waals surface area contributed by atoms with Crippen molar-refractivity contribution < 1.29 is 0 Å². The summed E-state index contributed by atoms with van der Waals surface area (Å²) < 4.78 is 0. The van der Waals surface area contributed by atoms with Gasteiger partial charge in [0.1, 0.15) is 0 Å². The third kappa shape index (κ3) is 4.53. The average Bonchev–Trinajstić information content (AvgIpc) is 2.34. The summed E-state index contributed by atoms with van der Waals surface area (Å²) in [7, 11) is 0. The molecule has 0 heterocycles. The second-order valence-corrected chi connectivity index (χ2v) is 6.54. The highest BCUT2D eigenvalue weighted by atomic mass is 14.2. The Morgan fingerprint density at radius 3 is 2.32 bits per heavy atom. The zero-order valence-electron chi connectivity index (χ0n) is 13.6. The topological polar surface area (TPSA) is 0 Å². The predicted molar refractivity (Wildman–Crippen MR) is 87.0 cm³/mol. The largest absolute Gasteiger partial charge is 0.0888 e. The van der Waals surface area contributed by atoms with Crippen LogP contribution in [0.15, 0.2) is 30.4 Å². The van der Waals surface area contributed by atoms with Crippen molar-refractivity contribution in [1.29, 1.82) is 0 Å². The molecule has 1 atom stereocenters. The Kier molecular flexibility index (Phi) is 5.85. The highest BCUT2D eigenvalue weighted by molar-refractivity contribution is 5.37. The summed E-state index contributed by atoms with van der Waals surface area (Å²) in [6.07, 6.45) is 8.14. The van der Waals surface area contributed by atoms with Crippen molar-refractivity contribution in [2.75, 3.05) is 0 Å². The Balaban J connectivity index is 3.05. The smallest absolute Gasteiger partial charge is 0.0127 e. The molecule has 0 nitrogen and oxygen atoms in total. The van der Waals surface area contributed by atoms with Crippen LogP contribution in [0.1, 0.15) is 76.5 Å². The van der Waals surface area contributed by atoms with E-state index in [0.29, 0.717) is 5.92 Å². The zero-order chi connectivity index (χ0) is 14.5. The maximum Gasteiger partial charge on any atom is -0.0127 e. The Bertz CT molecular complexity index is 418. The van der Waals surface area contributed by atoms with E-state index in [2.05, 4.69) is 71.9 Å². The van der Waals surface area contributed by atoms with E-state index < -0.39 is 0 Å². The van der Waals surface area contributed by atoms with Crippen molar-refractivity contribution in [3.8, 4) is 0 Å². The Hall–Kier alpha value is -1.04. The van der Waals surface area contributed by atoms with E-state index in [4.69, 9.17) is 0 Å². The summed E-state index contributed by atoms with van der Waals surface area (Å²) in [4.78, 5) is 0. The van der Waals surface area contributed by atoms with Crippen LogP contribution in [0.3, 0.4) is 0 Å². The van der Waals surface area contributed by atoms with E-state index in [1.54, 1.807) is 0 Å². The fourth-order valence-electron chi connectivity index (χ4n) is 2.49. The number of aryl methyl sites for hydroxylation is 1. The van der Waals surface area contributed by atoms with Gasteiger partial charge in [-0.2, -0.15) is 0 Å². The molecule has 19 heavy (non-hydrogen) atoms. The summed E-state index contributed by atoms with van der Waals surface area (Å²) in [5.41, 5.74) is 4.66. The molecule has 0 heteroatoms. The molecular formula is C19H30. The molecule has 0 spiro atoms. The van der Waals surface area contributed by atoms with Crippen LogP contribution in [0, 0.1) is 6.92 Å². The van der Waals surface area contributed by atoms with Crippen LogP contribution >= 0.6 is 0 Å². The lowest BCUT2D eigenvalue weighted by Crippen LogP contribution is -2.12. The van der Waals surface area contributed by atoms with Gasteiger partial charge in [-0.15, -0.1) is 0 Å². The van der Waals surface area contributed by atoms with Gasteiger partial charge in [-0.05, 0) is 54.2 Å². The zero-order valence-corrected chi connectivity index (χ0v) is 13.6. The fraction of sp³-hybridized carbons (Fsp3) is 0.579. The van der Waals surface area contributed by atoms with Crippen LogP contribution in [0.2, 0.25) is 0 Å². The minimum atomic E-state index is 0.236. The van der Waals surface area contributed by atoms with Gasteiger partial charge >= 0.3 is 0 Å². The molecular weight excluding hydrogens is 228 g/mol. The molecule has 0 aromatic heterocycles. The minimum Gasteiger partial charge on any atom is -0.0888 e. The second-order valence-electron chi connectivity index (χ2n) is 6.54. The van der Waals surface area contributed by atoms with Crippen molar-refractivity contribution in [1.82, 2.24) is 0 Å². The van der Waals surface area contributed by atoms with Crippen molar-refractivity contribution >= 4 is 0 Å². The van der Waals surface area contributed by atoms with Crippen LogP contribution < -0.4 is 0 Å². The SMILES string of the molecule is CC/C=C\CC(CC)c1cc(C(C)(C)C)ccc1C. The molecule has 0 aliphatic heterocycles. The quantitative estimate of drug-likeness (QED) is 0.556. The highest BCUT2D eigenvalue weighted by Gasteiger charge is 2.17. The van der Waals surface area contributed by atoms with Gasteiger partial charge in [0.05, 0.1) is 0 Å². The molecule has 0 aliphatic carbocycles. The highest BCUT2D eigenvalue weighted by Crippen LogP contribution is 2.31. The molecule has 0 amide bonds. The normalized spacial score (nSPS) is 14.0. The van der Waals surface area contributed by atoms with Crippen molar-refractivity contribution in [3.05, 3.63) is 47.0 Å². The van der Waals surface area contributed by atoms with Crippen LogP contribution in [-0.2, 0) is 5.41 Å². The number of hydrogen-bond acceptors (Lipinski definition) is 0. The van der Waals surface area contributed by atoms with Crippen LogP contribution in [0.4, 0.5) is 0 Å². The number of benzene rings is 1. The lowest BCUT2D eigenvalue weighted by molar-refractivity contribution is 0.585. The first-order valence-electron chi connectivity index (χ1n) is 7.66. The van der Waals surface area contributed by atoms with E-state index in [-0.39, 0.29) is 5.41 Å². The van der Waals surface area contributed by atoms with Gasteiger partial charge in [0.2, 0.25) is 0 Å². The van der Waals surface area contributed by atoms with Crippen molar-refractivity contribution in [3.63, 3.8) is 0 Å². The first-order valence-corrected chi connectivity index (χ1v) is 7.66. The van der Waals surface area contributed by atoms with Gasteiger partial charge in [-0.3, -0.25) is 0 Å². The Morgan fingerprint density at radius 2 is 1.79 bits per heavy atom. The van der Waals surface area contributed by atoms with Crippen LogP contribution in [0.5, 0.6) is 0 Å². The molecule has 0 N–H and O–H groups in total. The molecule has 0 saturated carbocycles. The van der Waals surface area contributed by atoms with E-state index in [1.165, 1.54) is 29.5 Å². The molecule has 0 radical (unpaired) electrons. The van der Waals surface area contributed by atoms with Crippen molar-refractivity contribution in [2.24, 2.45) is 0 Å². The molecule has 1 rings (SSSR count). The minimum absolute atomic E-state index is 0.236. The summed E-state index contributed by atoms with van der Waals surface area (Å²) >= 11 is 0. The lowest BCUT2D eigenvalue weighted by Gasteiger charge is -2.23. The standard InChI is InChI=1S/C19H30/c1-7-9-10-11-16(8-2)18-14-17(19(4,5)6)13-12-15(18)3/h9-10,12-14,16H,7-8,11H2,1-6H3/b10-9-. The summed E-state index contributed by atoms with van der Waals surface area (Å²) in [6.45, 7) is 13.6. The summed E-state index contributed by atoms with van der Waals surface area (Å²) in [5.74, 6) is 0.658. The van der Waals surface area contributed by atoms with Gasteiger partial charge < -0.3 is 0 Å². The third-order valence-electron chi connectivity index (χ3n) is 3.90. The summed E-state index contributed by atoms with van der Waals surface area (Å²) in [6, 6.07) is 7.01. The third-order valence-corrected chi connectivity index (χ3v) is 3.90. The fourth-order valence-corrected chi connectivity index (χ4v) is 2.49. The van der Waals surface area contributed by atoms with E-state index in [0.717, 1.165) is 6.42 Å². The van der Waals surface area contributed by atoms with Gasteiger partial charge in [0, 0.05) is 0 Å². The molecule has 106 valence electrons. The maximum atomic E-state index is 2.43. The predicted octanol–water partition coefficient (Wildman–Crippen LogP) is 6.14. The van der Waals surface area contributed by atoms with Crippen LogP contribution in [-0.4, -0.2) is 0 Å². The van der Waals surface area contributed by atoms with Crippen LogP contribution in [0.25, 0.3) is 0 Å². The average molecular weight is 258 g/mol. The molecule has 0 bridgehead atoms. The lowest BCUT2D eigenvalue weighted by atomic mass is 9.81. The number of rotatable bonds is 5. The Labute approximate surface area is 119 Å².